The van der Waals surface area contributed by atoms with Crippen molar-refractivity contribution in [1.82, 2.24) is 0 Å². The highest BCUT2D eigenvalue weighted by Crippen LogP contribution is 2.11. The molecule has 0 aromatic carbocycles. The van der Waals surface area contributed by atoms with Gasteiger partial charge in [-0.3, -0.25) is 4.79 Å². The first-order valence-corrected chi connectivity index (χ1v) is 3.28. The summed E-state index contributed by atoms with van der Waals surface area (Å²) in [5.74, 6) is -0.554. The normalized spacial score (nSPS) is 39.2. The van der Waals surface area contributed by atoms with E-state index in [0.717, 1.165) is 0 Å². The van der Waals surface area contributed by atoms with Gasteiger partial charge < -0.3 is 20.1 Å². The second-order valence-electron chi connectivity index (χ2n) is 2.43. The highest BCUT2D eigenvalue weighted by molar-refractivity contribution is 5.85. The van der Waals surface area contributed by atoms with E-state index in [9.17, 15) is 4.79 Å². The van der Waals surface area contributed by atoms with Crippen LogP contribution in [-0.4, -0.2) is 52.6 Å². The minimum absolute atomic E-state index is 0.247. The zero-order chi connectivity index (χ0) is 8.43. The van der Waals surface area contributed by atoms with E-state index < -0.39 is 30.7 Å². The van der Waals surface area contributed by atoms with Crippen molar-refractivity contribution in [2.24, 2.45) is 0 Å². The van der Waals surface area contributed by atoms with E-state index in [2.05, 4.69) is 0 Å². The third kappa shape index (κ3) is 1.57. The fourth-order valence-corrected chi connectivity index (χ4v) is 0.928. The molecule has 0 spiro atoms. The number of ketones is 1. The molecule has 1 heterocycles. The topological polar surface area (TPSA) is 87.0 Å². The van der Waals surface area contributed by atoms with Gasteiger partial charge in [-0.15, -0.1) is 0 Å². The van der Waals surface area contributed by atoms with Crippen molar-refractivity contribution in [2.45, 2.75) is 18.3 Å². The van der Waals surface area contributed by atoms with Crippen LogP contribution >= 0.6 is 0 Å². The van der Waals surface area contributed by atoms with Gasteiger partial charge in [0.05, 0.1) is 6.61 Å². The van der Waals surface area contributed by atoms with Crippen LogP contribution in [0.15, 0.2) is 0 Å². The summed E-state index contributed by atoms with van der Waals surface area (Å²) < 4.78 is 4.71. The van der Waals surface area contributed by atoms with E-state index in [1.165, 1.54) is 0 Å². The van der Waals surface area contributed by atoms with Crippen LogP contribution in [0.25, 0.3) is 0 Å². The van der Waals surface area contributed by atoms with Crippen molar-refractivity contribution in [3.8, 4) is 0 Å². The molecule has 5 heteroatoms. The molecule has 1 aliphatic rings. The Labute approximate surface area is 63.2 Å². The van der Waals surface area contributed by atoms with Crippen LogP contribution in [0, 0.1) is 0 Å². The van der Waals surface area contributed by atoms with Crippen LogP contribution in [0.1, 0.15) is 0 Å². The molecular weight excluding hydrogens is 152 g/mol. The maximum atomic E-state index is 10.6. The van der Waals surface area contributed by atoms with E-state index in [1.807, 2.05) is 0 Å². The lowest BCUT2D eigenvalue weighted by molar-refractivity contribution is -0.170. The number of aliphatic hydroxyl groups excluding tert-OH is 3. The van der Waals surface area contributed by atoms with Crippen LogP contribution in [0.5, 0.6) is 0 Å². The van der Waals surface area contributed by atoms with E-state index in [-0.39, 0.29) is 6.61 Å². The molecule has 0 unspecified atom stereocenters. The van der Waals surface area contributed by atoms with Crippen LogP contribution in [0.4, 0.5) is 0 Å². The zero-order valence-electron chi connectivity index (χ0n) is 5.80. The average molecular weight is 162 g/mol. The summed E-state index contributed by atoms with van der Waals surface area (Å²) in [7, 11) is 0. The minimum atomic E-state index is -1.42. The van der Waals surface area contributed by atoms with Gasteiger partial charge in [-0.1, -0.05) is 0 Å². The molecule has 0 aliphatic carbocycles. The monoisotopic (exact) mass is 162 g/mol. The van der Waals surface area contributed by atoms with E-state index in [4.69, 9.17) is 20.1 Å². The lowest BCUT2D eigenvalue weighted by atomic mass is 10.0. The van der Waals surface area contributed by atoms with Gasteiger partial charge in [0.25, 0.3) is 0 Å². The molecule has 0 bridgehead atoms. The summed E-state index contributed by atoms with van der Waals surface area (Å²) in [6.45, 7) is -0.644. The van der Waals surface area contributed by atoms with Crippen molar-refractivity contribution in [1.29, 1.82) is 0 Å². The summed E-state index contributed by atoms with van der Waals surface area (Å²) in [6, 6.07) is 0. The fourth-order valence-electron chi connectivity index (χ4n) is 0.928. The van der Waals surface area contributed by atoms with Gasteiger partial charge in [0.1, 0.15) is 24.9 Å². The van der Waals surface area contributed by atoms with Crippen molar-refractivity contribution in [2.75, 3.05) is 13.2 Å². The lowest BCUT2D eigenvalue weighted by Crippen LogP contribution is -2.51. The first-order valence-electron chi connectivity index (χ1n) is 3.28. The molecule has 1 fully saturated rings. The van der Waals surface area contributed by atoms with Gasteiger partial charge in [-0.05, 0) is 0 Å². The third-order valence-electron chi connectivity index (χ3n) is 1.65. The maximum Gasteiger partial charge on any atom is 0.189 e. The SMILES string of the molecule is O=C1CO[C@H](CO)[C@H](O)[C@@H]1O. The van der Waals surface area contributed by atoms with Gasteiger partial charge in [0.2, 0.25) is 0 Å². The molecule has 0 aromatic heterocycles. The van der Waals surface area contributed by atoms with E-state index in [1.54, 1.807) is 0 Å². The summed E-state index contributed by atoms with van der Waals surface area (Å²) in [4.78, 5) is 10.6. The standard InChI is InChI=1S/C6H10O5/c7-1-4-6(10)5(9)3(8)2-11-4/h4-7,9-10H,1-2H2/t4-,5-,6+/m1/s1. The maximum absolute atomic E-state index is 10.6. The summed E-state index contributed by atoms with van der Waals surface area (Å²) in [5, 5.41) is 26.6. The lowest BCUT2D eigenvalue weighted by Gasteiger charge is -2.29. The number of carbonyl (C=O) groups excluding carboxylic acids is 1. The highest BCUT2D eigenvalue weighted by Gasteiger charge is 2.36. The molecule has 1 rings (SSSR count). The Morgan fingerprint density at radius 2 is 2.18 bits per heavy atom. The molecule has 5 nitrogen and oxygen atoms in total. The van der Waals surface area contributed by atoms with Crippen molar-refractivity contribution in [3.05, 3.63) is 0 Å². The molecule has 1 saturated heterocycles. The van der Waals surface area contributed by atoms with E-state index in [0.29, 0.717) is 0 Å². The Kier molecular flexibility index (Phi) is 2.56. The van der Waals surface area contributed by atoms with Crippen LogP contribution in [-0.2, 0) is 9.53 Å². The van der Waals surface area contributed by atoms with Gasteiger partial charge in [-0.25, -0.2) is 0 Å². The molecule has 64 valence electrons. The number of hydrogen-bond donors (Lipinski definition) is 3. The Balaban J connectivity index is 2.59. The quantitative estimate of drug-likeness (QED) is 0.402. The van der Waals surface area contributed by atoms with E-state index >= 15 is 0 Å². The van der Waals surface area contributed by atoms with Gasteiger partial charge in [0, 0.05) is 0 Å². The fraction of sp³-hybridized carbons (Fsp3) is 0.833. The molecule has 0 aromatic rings. The Bertz CT molecular complexity index is 157. The zero-order valence-corrected chi connectivity index (χ0v) is 5.80. The first-order chi connectivity index (χ1) is 5.16. The second kappa shape index (κ2) is 3.27. The van der Waals surface area contributed by atoms with Crippen molar-refractivity contribution in [3.63, 3.8) is 0 Å². The van der Waals surface area contributed by atoms with Gasteiger partial charge in [0.15, 0.2) is 5.78 Å². The number of carbonyl (C=O) groups is 1. The smallest absolute Gasteiger partial charge is 0.189 e. The Morgan fingerprint density at radius 1 is 1.55 bits per heavy atom. The number of aliphatic hydroxyl groups is 3. The molecule has 3 N–H and O–H groups in total. The molecule has 11 heavy (non-hydrogen) atoms. The summed E-state index contributed by atoms with van der Waals surface area (Å²) >= 11 is 0. The van der Waals surface area contributed by atoms with Crippen LogP contribution in [0.3, 0.4) is 0 Å². The predicted octanol–water partition coefficient (Wildman–Crippen LogP) is -2.33. The third-order valence-corrected chi connectivity index (χ3v) is 1.65. The summed E-state index contributed by atoms with van der Waals surface area (Å²) in [5.41, 5.74) is 0. The molecular formula is C6H10O5. The number of ether oxygens (including phenoxy) is 1. The number of Topliss-reactive ketones (excluding diaryl/α,β-unsaturated/α-hetero) is 1. The highest BCUT2D eigenvalue weighted by atomic mass is 16.5. The average Bonchev–Trinajstić information content (AvgIpc) is 2.01. The Morgan fingerprint density at radius 3 is 2.73 bits per heavy atom. The molecule has 3 atom stereocenters. The number of hydrogen-bond acceptors (Lipinski definition) is 5. The van der Waals surface area contributed by atoms with Crippen molar-refractivity contribution >= 4 is 5.78 Å². The van der Waals surface area contributed by atoms with Crippen molar-refractivity contribution < 1.29 is 24.9 Å². The molecule has 1 aliphatic heterocycles. The Hall–Kier alpha value is -0.490. The first kappa shape index (κ1) is 8.61. The second-order valence-corrected chi connectivity index (χ2v) is 2.43. The predicted molar refractivity (Wildman–Crippen MR) is 33.8 cm³/mol. The molecule has 0 saturated carbocycles. The minimum Gasteiger partial charge on any atom is -0.394 e. The summed E-state index contributed by atoms with van der Waals surface area (Å²) in [6.07, 6.45) is -3.56. The largest absolute Gasteiger partial charge is 0.394 e. The van der Waals surface area contributed by atoms with Crippen LogP contribution < -0.4 is 0 Å². The van der Waals surface area contributed by atoms with Gasteiger partial charge >= 0.3 is 0 Å². The molecule has 0 radical (unpaired) electrons. The van der Waals surface area contributed by atoms with Crippen LogP contribution in [0.2, 0.25) is 0 Å². The molecule has 0 amide bonds. The number of rotatable bonds is 1. The van der Waals surface area contributed by atoms with Gasteiger partial charge in [-0.2, -0.15) is 0 Å².